The Morgan fingerprint density at radius 3 is 2.51 bits per heavy atom. The lowest BCUT2D eigenvalue weighted by molar-refractivity contribution is -0.137. The summed E-state index contributed by atoms with van der Waals surface area (Å²) in [6.07, 6.45) is -7.39. The van der Waals surface area contributed by atoms with E-state index >= 15 is 4.39 Å². The van der Waals surface area contributed by atoms with Crippen molar-refractivity contribution >= 4 is 27.0 Å². The fourth-order valence-corrected chi connectivity index (χ4v) is 4.10. The molecule has 2 N–H and O–H groups in total. The second-order valence-electron chi connectivity index (χ2n) is 8.45. The zero-order valence-corrected chi connectivity index (χ0v) is 19.6. The first-order valence-corrected chi connectivity index (χ1v) is 11.0. The Bertz CT molecular complexity index is 1140. The highest BCUT2D eigenvalue weighted by Crippen LogP contribution is 2.53. The van der Waals surface area contributed by atoms with Crippen molar-refractivity contribution in [3.8, 4) is 11.4 Å². The van der Waals surface area contributed by atoms with Crippen LogP contribution in [0.4, 0.5) is 42.8 Å². The predicted molar refractivity (Wildman–Crippen MR) is 117 cm³/mol. The number of cyclic esters (lactones) is 1. The molecule has 2 aromatic heterocycles. The monoisotopic (exact) mass is 522 g/mol. The van der Waals surface area contributed by atoms with Gasteiger partial charge in [-0.15, -0.1) is 0 Å². The minimum absolute atomic E-state index is 0.0222. The molecular formula is C20H21F6N6O2P. The molecule has 15 heteroatoms. The molecule has 2 unspecified atom stereocenters. The quantitative estimate of drug-likeness (QED) is 0.461. The highest BCUT2D eigenvalue weighted by molar-refractivity contribution is 7.18. The number of ether oxygens (including phenoxy) is 1. The Balaban J connectivity index is 1.92. The number of amides is 1. The maximum absolute atomic E-state index is 15.3. The van der Waals surface area contributed by atoms with Gasteiger partial charge in [-0.05, 0) is 19.1 Å². The van der Waals surface area contributed by atoms with Crippen LogP contribution in [-0.2, 0) is 10.9 Å². The number of rotatable bonds is 4. The standard InChI is InChI=1S/C20H21F6N6O2P/c1-9-7-32(4-3-27-9)12-6-10(20(24,25)26)5-11(30-12)14-13-15(19(23,35)18(2,21)22)34-17(33)31-16(13)29-8-28-14/h5-6,8-9,15,27H,3-4,7,35H2,1-2H3,(H,28,29,31,33)/t9-,15+,19?/m0/s1. The molecule has 0 aliphatic carbocycles. The average Bonchev–Trinajstić information content (AvgIpc) is 2.76. The van der Waals surface area contributed by atoms with E-state index in [0.29, 0.717) is 25.7 Å². The maximum atomic E-state index is 15.3. The van der Waals surface area contributed by atoms with Crippen LogP contribution in [0.3, 0.4) is 0 Å². The van der Waals surface area contributed by atoms with Gasteiger partial charge in [0.25, 0.3) is 5.92 Å². The third-order valence-electron chi connectivity index (χ3n) is 5.72. The molecule has 8 nitrogen and oxygen atoms in total. The van der Waals surface area contributed by atoms with Crippen LogP contribution in [0.25, 0.3) is 11.4 Å². The first-order chi connectivity index (χ1) is 16.2. The third kappa shape index (κ3) is 4.86. The second-order valence-corrected chi connectivity index (χ2v) is 9.29. The molecule has 1 amide bonds. The largest absolute Gasteiger partial charge is 0.437 e. The number of hydrogen-bond donors (Lipinski definition) is 2. The fraction of sp³-hybridized carbons (Fsp3) is 0.500. The zero-order chi connectivity index (χ0) is 25.8. The lowest BCUT2D eigenvalue weighted by Gasteiger charge is -2.37. The summed E-state index contributed by atoms with van der Waals surface area (Å²) in [5, 5.41) is 1.79. The van der Waals surface area contributed by atoms with Crippen molar-refractivity contribution in [3.63, 3.8) is 0 Å². The van der Waals surface area contributed by atoms with Gasteiger partial charge >= 0.3 is 12.3 Å². The van der Waals surface area contributed by atoms with Crippen LogP contribution in [0.1, 0.15) is 31.1 Å². The number of halogens is 6. The number of alkyl halides is 6. The van der Waals surface area contributed by atoms with Crippen LogP contribution in [0, 0.1) is 0 Å². The van der Waals surface area contributed by atoms with Crippen molar-refractivity contribution in [3.05, 3.63) is 29.6 Å². The van der Waals surface area contributed by atoms with Gasteiger partial charge in [0.1, 0.15) is 23.7 Å². The highest BCUT2D eigenvalue weighted by Gasteiger charge is 2.58. The van der Waals surface area contributed by atoms with E-state index < -0.39 is 40.8 Å². The number of nitrogens with one attached hydrogen (secondary N) is 2. The van der Waals surface area contributed by atoms with Crippen molar-refractivity contribution in [2.24, 2.45) is 0 Å². The first kappa shape index (κ1) is 25.4. The Morgan fingerprint density at radius 1 is 1.17 bits per heavy atom. The summed E-state index contributed by atoms with van der Waals surface area (Å²) >= 11 is 0. The molecular weight excluding hydrogens is 501 g/mol. The number of hydrogen-bond acceptors (Lipinski definition) is 7. The van der Waals surface area contributed by atoms with Crippen LogP contribution in [0.2, 0.25) is 0 Å². The molecule has 4 rings (SSSR count). The van der Waals surface area contributed by atoms with Gasteiger partial charge in [-0.25, -0.2) is 32.9 Å². The molecule has 0 spiro atoms. The molecule has 190 valence electrons. The van der Waals surface area contributed by atoms with E-state index in [0.717, 1.165) is 12.4 Å². The normalized spacial score (nSPS) is 22.7. The lowest BCUT2D eigenvalue weighted by Crippen LogP contribution is -2.49. The van der Waals surface area contributed by atoms with E-state index in [-0.39, 0.29) is 36.0 Å². The molecule has 4 heterocycles. The minimum atomic E-state index is -4.77. The topological polar surface area (TPSA) is 92.3 Å². The van der Waals surface area contributed by atoms with E-state index in [1.807, 2.05) is 6.92 Å². The van der Waals surface area contributed by atoms with Gasteiger partial charge < -0.3 is 15.0 Å². The van der Waals surface area contributed by atoms with Crippen molar-refractivity contribution in [1.82, 2.24) is 20.3 Å². The van der Waals surface area contributed by atoms with Crippen molar-refractivity contribution in [2.45, 2.75) is 43.5 Å². The summed E-state index contributed by atoms with van der Waals surface area (Å²) in [6, 6.07) is 1.53. The number of aromatic nitrogens is 3. The van der Waals surface area contributed by atoms with Crippen LogP contribution in [0.5, 0.6) is 0 Å². The van der Waals surface area contributed by atoms with Gasteiger partial charge in [-0.3, -0.25) is 5.32 Å². The average molecular weight is 522 g/mol. The lowest BCUT2D eigenvalue weighted by atomic mass is 9.96. The highest BCUT2D eigenvalue weighted by atomic mass is 31.0. The van der Waals surface area contributed by atoms with Gasteiger partial charge in [0.2, 0.25) is 5.41 Å². The summed E-state index contributed by atoms with van der Waals surface area (Å²) < 4.78 is 89.9. The number of fused-ring (bicyclic) bond motifs is 1. The summed E-state index contributed by atoms with van der Waals surface area (Å²) in [6.45, 7) is 3.37. The summed E-state index contributed by atoms with van der Waals surface area (Å²) in [5.74, 6) is -4.43. The molecule has 0 radical (unpaired) electrons. The smallest absolute Gasteiger partial charge is 0.416 e. The third-order valence-corrected chi connectivity index (χ3v) is 6.53. The minimum Gasteiger partial charge on any atom is -0.437 e. The Kier molecular flexibility index (Phi) is 6.33. The van der Waals surface area contributed by atoms with E-state index in [2.05, 4.69) is 25.6 Å². The molecule has 35 heavy (non-hydrogen) atoms. The van der Waals surface area contributed by atoms with Crippen molar-refractivity contribution in [2.75, 3.05) is 29.9 Å². The second kappa shape index (κ2) is 8.74. The van der Waals surface area contributed by atoms with Gasteiger partial charge in [0.05, 0.1) is 16.8 Å². The van der Waals surface area contributed by atoms with Gasteiger partial charge in [-0.1, -0.05) is 9.24 Å². The van der Waals surface area contributed by atoms with E-state index in [1.54, 1.807) is 4.90 Å². The number of piperazine rings is 1. The first-order valence-electron chi connectivity index (χ1n) is 10.4. The van der Waals surface area contributed by atoms with Crippen LogP contribution in [-0.4, -0.2) is 58.1 Å². The molecule has 4 atom stereocenters. The maximum Gasteiger partial charge on any atom is 0.416 e. The fourth-order valence-electron chi connectivity index (χ4n) is 3.87. The van der Waals surface area contributed by atoms with Gasteiger partial charge in [0.15, 0.2) is 6.10 Å². The SMILES string of the molecule is C[C@H]1CN(c2cc(C(F)(F)F)cc(-c3ncnc4c3[C@H](C(F)(P)C(C)(F)F)OC(=O)N4)n2)CCN1. The summed E-state index contributed by atoms with van der Waals surface area (Å²) in [5.41, 5.74) is -2.28. The summed E-state index contributed by atoms with van der Waals surface area (Å²) in [4.78, 5) is 25.6. The molecule has 1 fully saturated rings. The van der Waals surface area contributed by atoms with Crippen molar-refractivity contribution < 1.29 is 35.9 Å². The molecule has 1 saturated heterocycles. The molecule has 0 bridgehead atoms. The van der Waals surface area contributed by atoms with Gasteiger partial charge in [-0.2, -0.15) is 13.2 Å². The molecule has 0 aromatic carbocycles. The molecule has 0 saturated carbocycles. The molecule has 2 aliphatic rings. The van der Waals surface area contributed by atoms with E-state index in [9.17, 15) is 26.7 Å². The van der Waals surface area contributed by atoms with Gasteiger partial charge in [0, 0.05) is 32.6 Å². The van der Waals surface area contributed by atoms with Crippen LogP contribution in [0.15, 0.2) is 18.5 Å². The zero-order valence-electron chi connectivity index (χ0n) is 18.5. The summed E-state index contributed by atoms with van der Waals surface area (Å²) in [7, 11) is 1.32. The Morgan fingerprint density at radius 2 is 1.89 bits per heavy atom. The number of carbonyl (C=O) groups excluding carboxylic acids is 1. The number of nitrogens with zero attached hydrogens (tertiary/aromatic N) is 4. The van der Waals surface area contributed by atoms with E-state index in [1.165, 1.54) is 9.24 Å². The Labute approximate surface area is 198 Å². The van der Waals surface area contributed by atoms with Crippen molar-refractivity contribution in [1.29, 1.82) is 0 Å². The van der Waals surface area contributed by atoms with Crippen LogP contribution >= 0.6 is 9.24 Å². The van der Waals surface area contributed by atoms with Crippen LogP contribution < -0.4 is 15.5 Å². The molecule has 2 aliphatic heterocycles. The Hall–Kier alpha value is -2.73. The number of carbonyl (C=O) groups is 1. The number of pyridine rings is 1. The number of anilines is 2. The molecule has 2 aromatic rings. The van der Waals surface area contributed by atoms with E-state index in [4.69, 9.17) is 4.74 Å². The predicted octanol–water partition coefficient (Wildman–Crippen LogP) is 4.15.